The molecule has 184 valence electrons. The molecule has 0 saturated carbocycles. The van der Waals surface area contributed by atoms with Gasteiger partial charge in [-0.3, -0.25) is 9.00 Å². The Hall–Kier alpha value is -2.63. The van der Waals surface area contributed by atoms with E-state index in [0.29, 0.717) is 16.9 Å². The fourth-order valence-electron chi connectivity index (χ4n) is 4.08. The molecular formula is C22H14Cl2F4N2O4S. The van der Waals surface area contributed by atoms with E-state index in [2.05, 4.69) is 10.5 Å². The number of nitrogens with zero attached hydrogens (tertiary/aromatic N) is 1. The molecule has 2 aliphatic heterocycles. The van der Waals surface area contributed by atoms with E-state index in [9.17, 15) is 26.6 Å². The third-order valence-corrected chi connectivity index (χ3v) is 8.02. The first-order valence-electron chi connectivity index (χ1n) is 10.1. The summed E-state index contributed by atoms with van der Waals surface area (Å²) in [4.78, 5) is 17.7. The van der Waals surface area contributed by atoms with Gasteiger partial charge >= 0.3 is 6.18 Å². The Morgan fingerprint density at radius 3 is 2.49 bits per heavy atom. The van der Waals surface area contributed by atoms with Gasteiger partial charge in [0.05, 0.1) is 33.6 Å². The van der Waals surface area contributed by atoms with Crippen LogP contribution in [0.15, 0.2) is 46.2 Å². The average Bonchev–Trinajstić information content (AvgIpc) is 3.43. The standard InChI is InChI=1S/C22H14Cl2F4N2O4S/c23-15-5-10(6-16(24)18(15)25)21(22(26,27)28)7-17(30-34-21)12-1-2-14(19-13(12)3-4-33-19)20(31)29-11-8-35(32)9-11/h1-6,11H,7-9H2,(H,29,31). The minimum atomic E-state index is -4.96. The van der Waals surface area contributed by atoms with E-state index in [1.54, 1.807) is 0 Å². The second-order valence-electron chi connectivity index (χ2n) is 8.15. The van der Waals surface area contributed by atoms with Crippen LogP contribution in [0.2, 0.25) is 10.0 Å². The van der Waals surface area contributed by atoms with Crippen LogP contribution >= 0.6 is 23.2 Å². The van der Waals surface area contributed by atoms with Crippen LogP contribution in [-0.4, -0.2) is 39.6 Å². The maximum atomic E-state index is 14.3. The second kappa shape index (κ2) is 8.49. The number of carbonyl (C=O) groups excluding carboxylic acids is 1. The summed E-state index contributed by atoms with van der Waals surface area (Å²) in [6.45, 7) is 0. The third-order valence-electron chi connectivity index (χ3n) is 5.92. The van der Waals surface area contributed by atoms with E-state index in [0.717, 1.165) is 12.1 Å². The highest BCUT2D eigenvalue weighted by atomic mass is 35.5. The number of nitrogens with one attached hydrogen (secondary N) is 1. The predicted molar refractivity (Wildman–Crippen MR) is 122 cm³/mol. The third kappa shape index (κ3) is 3.99. The van der Waals surface area contributed by atoms with E-state index in [-0.39, 0.29) is 28.5 Å². The van der Waals surface area contributed by atoms with Gasteiger partial charge in [-0.05, 0) is 24.3 Å². The molecular weight excluding hydrogens is 535 g/mol. The number of rotatable bonds is 4. The van der Waals surface area contributed by atoms with Gasteiger partial charge in [0.25, 0.3) is 11.5 Å². The van der Waals surface area contributed by atoms with Crippen LogP contribution in [0.25, 0.3) is 11.0 Å². The fraction of sp³-hybridized carbons (Fsp3) is 0.273. The van der Waals surface area contributed by atoms with Crippen molar-refractivity contribution in [3.05, 3.63) is 69.1 Å². The molecule has 3 aromatic rings. The number of amides is 1. The molecule has 1 saturated heterocycles. The average molecular weight is 549 g/mol. The lowest BCUT2D eigenvalue weighted by Gasteiger charge is -2.29. The van der Waals surface area contributed by atoms with Crippen LogP contribution in [0.1, 0.15) is 27.9 Å². The van der Waals surface area contributed by atoms with Gasteiger partial charge in [-0.2, -0.15) is 13.2 Å². The first-order chi connectivity index (χ1) is 16.5. The molecule has 0 radical (unpaired) electrons. The molecule has 0 bridgehead atoms. The number of alkyl halides is 3. The number of hydrogen-bond acceptors (Lipinski definition) is 5. The molecule has 2 aromatic carbocycles. The van der Waals surface area contributed by atoms with E-state index in [1.165, 1.54) is 24.5 Å². The van der Waals surface area contributed by atoms with Crippen molar-refractivity contribution < 1.29 is 35.8 Å². The normalized spacial score (nSPS) is 24.1. The van der Waals surface area contributed by atoms with Crippen molar-refractivity contribution in [2.75, 3.05) is 11.5 Å². The van der Waals surface area contributed by atoms with Crippen molar-refractivity contribution in [2.24, 2.45) is 5.16 Å². The van der Waals surface area contributed by atoms with Crippen molar-refractivity contribution >= 4 is 56.6 Å². The molecule has 35 heavy (non-hydrogen) atoms. The minimum Gasteiger partial charge on any atom is -0.463 e. The fourth-order valence-corrected chi connectivity index (χ4v) is 5.53. The number of halogens is 6. The Kier molecular flexibility index (Phi) is 5.84. The zero-order valence-corrected chi connectivity index (χ0v) is 19.7. The van der Waals surface area contributed by atoms with Gasteiger partial charge in [-0.25, -0.2) is 4.39 Å². The van der Waals surface area contributed by atoms with Gasteiger partial charge in [0, 0.05) is 45.2 Å². The quantitative estimate of drug-likeness (QED) is 0.353. The molecule has 0 aliphatic carbocycles. The van der Waals surface area contributed by atoms with Gasteiger partial charge < -0.3 is 14.6 Å². The molecule has 1 fully saturated rings. The van der Waals surface area contributed by atoms with Crippen LogP contribution in [0, 0.1) is 5.82 Å². The molecule has 1 N–H and O–H groups in total. The van der Waals surface area contributed by atoms with Gasteiger partial charge in [0.2, 0.25) is 0 Å². The number of fused-ring (bicyclic) bond motifs is 1. The van der Waals surface area contributed by atoms with Crippen molar-refractivity contribution in [2.45, 2.75) is 24.2 Å². The molecule has 3 heterocycles. The number of hydrogen-bond donors (Lipinski definition) is 1. The SMILES string of the molecule is O=C(NC1CS(=O)C1)c1ccc(C2=NOC(c3cc(Cl)c(F)c(Cl)c3)(C(F)(F)F)C2)c2ccoc12. The molecule has 13 heteroatoms. The summed E-state index contributed by atoms with van der Waals surface area (Å²) in [5.74, 6) is -0.786. The molecule has 1 unspecified atom stereocenters. The molecule has 2 aliphatic rings. The van der Waals surface area contributed by atoms with Crippen molar-refractivity contribution in [1.82, 2.24) is 5.32 Å². The molecule has 1 atom stereocenters. The minimum absolute atomic E-state index is 0.0633. The zero-order chi connectivity index (χ0) is 25.1. The summed E-state index contributed by atoms with van der Waals surface area (Å²) >= 11 is 11.5. The zero-order valence-electron chi connectivity index (χ0n) is 17.4. The lowest BCUT2D eigenvalue weighted by Crippen LogP contribution is -2.50. The first-order valence-corrected chi connectivity index (χ1v) is 12.4. The van der Waals surface area contributed by atoms with Crippen molar-refractivity contribution in [3.8, 4) is 0 Å². The van der Waals surface area contributed by atoms with E-state index >= 15 is 0 Å². The number of oxime groups is 1. The van der Waals surface area contributed by atoms with Crippen LogP contribution in [0.4, 0.5) is 17.6 Å². The van der Waals surface area contributed by atoms with Crippen molar-refractivity contribution in [1.29, 1.82) is 0 Å². The molecule has 1 aromatic heterocycles. The van der Waals surface area contributed by atoms with E-state index in [1.807, 2.05) is 0 Å². The number of carbonyl (C=O) groups is 1. The van der Waals surface area contributed by atoms with Gasteiger partial charge in [0.15, 0.2) is 5.82 Å². The summed E-state index contributed by atoms with van der Waals surface area (Å²) in [5, 5.41) is 5.64. The predicted octanol–water partition coefficient (Wildman–Crippen LogP) is 5.32. The molecule has 6 nitrogen and oxygen atoms in total. The highest BCUT2D eigenvalue weighted by Gasteiger charge is 2.62. The van der Waals surface area contributed by atoms with Crippen molar-refractivity contribution in [3.63, 3.8) is 0 Å². The van der Waals surface area contributed by atoms with E-state index < -0.39 is 56.3 Å². The Bertz CT molecular complexity index is 1390. The first kappa shape index (κ1) is 24.1. The monoisotopic (exact) mass is 548 g/mol. The summed E-state index contributed by atoms with van der Waals surface area (Å²) in [7, 11) is -0.952. The summed E-state index contributed by atoms with van der Waals surface area (Å²) in [5.41, 5.74) is -2.93. The number of benzene rings is 2. The lowest BCUT2D eigenvalue weighted by molar-refractivity contribution is -0.275. The Balaban J connectivity index is 1.50. The van der Waals surface area contributed by atoms with E-state index in [4.69, 9.17) is 32.5 Å². The Morgan fingerprint density at radius 2 is 1.86 bits per heavy atom. The van der Waals surface area contributed by atoms with Gasteiger partial charge in [-0.15, -0.1) is 0 Å². The summed E-state index contributed by atoms with van der Waals surface area (Å²) < 4.78 is 73.5. The van der Waals surface area contributed by atoms with Crippen LogP contribution in [-0.2, 0) is 21.2 Å². The van der Waals surface area contributed by atoms with Crippen LogP contribution in [0.3, 0.4) is 0 Å². The lowest BCUT2D eigenvalue weighted by atomic mass is 9.86. The molecule has 0 spiro atoms. The Morgan fingerprint density at radius 1 is 1.17 bits per heavy atom. The Labute approximate surface area is 207 Å². The van der Waals surface area contributed by atoms with Gasteiger partial charge in [0.1, 0.15) is 5.58 Å². The van der Waals surface area contributed by atoms with Crippen LogP contribution < -0.4 is 5.32 Å². The molecule has 1 amide bonds. The largest absolute Gasteiger partial charge is 0.463 e. The summed E-state index contributed by atoms with van der Waals surface area (Å²) in [6.07, 6.45) is -4.41. The van der Waals surface area contributed by atoms with Crippen LogP contribution in [0.5, 0.6) is 0 Å². The summed E-state index contributed by atoms with van der Waals surface area (Å²) in [6, 6.07) is 5.76. The smallest absolute Gasteiger partial charge is 0.435 e. The molecule has 5 rings (SSSR count). The van der Waals surface area contributed by atoms with Gasteiger partial charge in [-0.1, -0.05) is 34.4 Å². The second-order valence-corrected chi connectivity index (χ2v) is 10.5. The topological polar surface area (TPSA) is 80.9 Å². The highest BCUT2D eigenvalue weighted by molar-refractivity contribution is 7.86. The maximum Gasteiger partial charge on any atom is 0.435 e. The highest BCUT2D eigenvalue weighted by Crippen LogP contribution is 2.50. The number of furan rings is 1. The maximum absolute atomic E-state index is 14.3.